The summed E-state index contributed by atoms with van der Waals surface area (Å²) in [6, 6.07) is 23.2. The van der Waals surface area contributed by atoms with Crippen molar-refractivity contribution in [3.05, 3.63) is 122 Å². The van der Waals surface area contributed by atoms with Gasteiger partial charge in [0.25, 0.3) is 0 Å². The van der Waals surface area contributed by atoms with Crippen molar-refractivity contribution in [2.75, 3.05) is 0 Å². The molecule has 0 saturated carbocycles. The molecule has 0 aliphatic carbocycles. The molecule has 0 amide bonds. The third kappa shape index (κ3) is 5.79. The molecule has 0 spiro atoms. The molecule has 6 heteroatoms. The van der Waals surface area contributed by atoms with Crippen LogP contribution < -0.4 is 0 Å². The van der Waals surface area contributed by atoms with Crippen LogP contribution in [0, 0.1) is 0 Å². The smallest absolute Gasteiger partial charge is 0.137 e. The minimum absolute atomic E-state index is 0.588. The maximum absolute atomic E-state index is 6.14. The number of aromatic nitrogens is 3. The van der Waals surface area contributed by atoms with Crippen LogP contribution in [0.2, 0.25) is 15.1 Å². The van der Waals surface area contributed by atoms with Crippen LogP contribution >= 0.6 is 34.8 Å². The normalized spacial score (nSPS) is 10.9. The van der Waals surface area contributed by atoms with E-state index in [9.17, 15) is 0 Å². The third-order valence-electron chi connectivity index (χ3n) is 4.58. The minimum Gasteiger partial charge on any atom is -0.217 e. The summed E-state index contributed by atoms with van der Waals surface area (Å²) in [4.78, 5) is 14.1. The van der Waals surface area contributed by atoms with Crippen LogP contribution in [-0.2, 0) is 19.3 Å². The number of nitrogens with zero attached hydrogens (tertiary/aromatic N) is 3. The second-order valence-electron chi connectivity index (χ2n) is 7.00. The zero-order chi connectivity index (χ0) is 20.9. The van der Waals surface area contributed by atoms with Crippen LogP contribution in [0.25, 0.3) is 0 Å². The van der Waals surface area contributed by atoms with Gasteiger partial charge in [-0.3, -0.25) is 0 Å². The molecule has 0 atom stereocenters. The lowest BCUT2D eigenvalue weighted by Crippen LogP contribution is -2.09. The standard InChI is InChI=1S/C24H18Cl3N3/c25-19-8-4-16(5-9-19)13-22-28-23(14-17-6-10-20(26)11-7-17)30-24(29-22)15-18-2-1-3-21(27)12-18/h1-12H,13-15H2. The van der Waals surface area contributed by atoms with E-state index in [4.69, 9.17) is 49.8 Å². The van der Waals surface area contributed by atoms with Crippen molar-refractivity contribution >= 4 is 34.8 Å². The Morgan fingerprint density at radius 1 is 0.467 bits per heavy atom. The molecule has 0 fully saturated rings. The lowest BCUT2D eigenvalue weighted by atomic mass is 10.1. The largest absolute Gasteiger partial charge is 0.217 e. The molecule has 3 aromatic carbocycles. The highest BCUT2D eigenvalue weighted by Gasteiger charge is 2.10. The summed E-state index contributed by atoms with van der Waals surface area (Å²) in [5.74, 6) is 2.18. The second-order valence-corrected chi connectivity index (χ2v) is 8.31. The van der Waals surface area contributed by atoms with Gasteiger partial charge in [-0.05, 0) is 53.1 Å². The fourth-order valence-electron chi connectivity index (χ4n) is 3.16. The predicted octanol–water partition coefficient (Wildman–Crippen LogP) is 6.60. The molecule has 1 heterocycles. The van der Waals surface area contributed by atoms with E-state index in [1.165, 1.54) is 0 Å². The number of hydrogen-bond acceptors (Lipinski definition) is 3. The number of benzene rings is 3. The van der Waals surface area contributed by atoms with E-state index in [0.717, 1.165) is 34.2 Å². The van der Waals surface area contributed by atoms with E-state index in [2.05, 4.69) is 0 Å². The molecule has 0 saturated heterocycles. The summed E-state index contributed by atoms with van der Waals surface area (Å²) in [5, 5.41) is 2.11. The lowest BCUT2D eigenvalue weighted by Gasteiger charge is -2.09. The molecular weight excluding hydrogens is 437 g/mol. The zero-order valence-corrected chi connectivity index (χ0v) is 18.3. The van der Waals surface area contributed by atoms with Crippen molar-refractivity contribution in [2.24, 2.45) is 0 Å². The van der Waals surface area contributed by atoms with Crippen molar-refractivity contribution in [1.82, 2.24) is 15.0 Å². The van der Waals surface area contributed by atoms with Gasteiger partial charge in [-0.2, -0.15) is 0 Å². The number of hydrogen-bond donors (Lipinski definition) is 0. The monoisotopic (exact) mass is 453 g/mol. The number of halogens is 3. The maximum Gasteiger partial charge on any atom is 0.137 e. The maximum atomic E-state index is 6.14. The molecular formula is C24H18Cl3N3. The van der Waals surface area contributed by atoms with Crippen LogP contribution in [0.15, 0.2) is 72.8 Å². The summed E-state index contributed by atoms with van der Waals surface area (Å²) in [7, 11) is 0. The van der Waals surface area contributed by atoms with Gasteiger partial charge in [-0.25, -0.2) is 15.0 Å². The third-order valence-corrected chi connectivity index (χ3v) is 5.32. The van der Waals surface area contributed by atoms with E-state index in [1.807, 2.05) is 72.8 Å². The van der Waals surface area contributed by atoms with Gasteiger partial charge in [0.1, 0.15) is 17.5 Å². The van der Waals surface area contributed by atoms with E-state index in [-0.39, 0.29) is 0 Å². The highest BCUT2D eigenvalue weighted by Crippen LogP contribution is 2.17. The van der Waals surface area contributed by atoms with Crippen molar-refractivity contribution in [3.63, 3.8) is 0 Å². The average Bonchev–Trinajstić information content (AvgIpc) is 2.71. The fraction of sp³-hybridized carbons (Fsp3) is 0.125. The van der Waals surface area contributed by atoms with E-state index in [0.29, 0.717) is 34.3 Å². The van der Waals surface area contributed by atoms with Crippen molar-refractivity contribution in [1.29, 1.82) is 0 Å². The first kappa shape index (κ1) is 20.8. The topological polar surface area (TPSA) is 38.7 Å². The van der Waals surface area contributed by atoms with Gasteiger partial charge >= 0.3 is 0 Å². The van der Waals surface area contributed by atoms with Gasteiger partial charge < -0.3 is 0 Å². The molecule has 4 aromatic rings. The molecule has 3 nitrogen and oxygen atoms in total. The van der Waals surface area contributed by atoms with Gasteiger partial charge in [-0.1, -0.05) is 71.2 Å². The van der Waals surface area contributed by atoms with Crippen LogP contribution in [0.1, 0.15) is 34.2 Å². The summed E-state index contributed by atoms with van der Waals surface area (Å²) in [6.07, 6.45) is 1.80. The van der Waals surface area contributed by atoms with Crippen LogP contribution in [0.3, 0.4) is 0 Å². The molecule has 0 N–H and O–H groups in total. The molecule has 0 bridgehead atoms. The molecule has 1 aromatic heterocycles. The van der Waals surface area contributed by atoms with E-state index in [1.54, 1.807) is 0 Å². The Kier molecular flexibility index (Phi) is 6.63. The number of rotatable bonds is 6. The Bertz CT molecular complexity index is 1080. The molecule has 30 heavy (non-hydrogen) atoms. The first-order chi connectivity index (χ1) is 14.5. The molecule has 0 aliphatic rings. The molecule has 0 radical (unpaired) electrons. The van der Waals surface area contributed by atoms with Crippen molar-refractivity contribution in [3.8, 4) is 0 Å². The Balaban J connectivity index is 1.65. The van der Waals surface area contributed by atoms with Crippen LogP contribution in [-0.4, -0.2) is 15.0 Å². The SMILES string of the molecule is Clc1ccc(Cc2nc(Cc3ccc(Cl)cc3)nc(Cc3cccc(Cl)c3)n2)cc1. The van der Waals surface area contributed by atoms with Crippen LogP contribution in [0.4, 0.5) is 0 Å². The van der Waals surface area contributed by atoms with Gasteiger partial charge in [0.2, 0.25) is 0 Å². The quantitative estimate of drug-likeness (QED) is 0.329. The fourth-order valence-corrected chi connectivity index (χ4v) is 3.62. The average molecular weight is 455 g/mol. The van der Waals surface area contributed by atoms with Crippen LogP contribution in [0.5, 0.6) is 0 Å². The molecule has 150 valence electrons. The summed E-state index contributed by atoms with van der Waals surface area (Å²) < 4.78 is 0. The van der Waals surface area contributed by atoms with E-state index >= 15 is 0 Å². The molecule has 4 rings (SSSR count). The first-order valence-corrected chi connectivity index (χ1v) is 10.6. The molecule has 0 aliphatic heterocycles. The van der Waals surface area contributed by atoms with Crippen molar-refractivity contribution < 1.29 is 0 Å². The highest BCUT2D eigenvalue weighted by atomic mass is 35.5. The molecule has 0 unspecified atom stereocenters. The van der Waals surface area contributed by atoms with Crippen molar-refractivity contribution in [2.45, 2.75) is 19.3 Å². The Labute approximate surface area is 190 Å². The summed E-state index contributed by atoms with van der Waals surface area (Å²) in [6.45, 7) is 0. The van der Waals surface area contributed by atoms with E-state index < -0.39 is 0 Å². The lowest BCUT2D eigenvalue weighted by molar-refractivity contribution is 0.797. The second kappa shape index (κ2) is 9.57. The Morgan fingerprint density at radius 2 is 0.900 bits per heavy atom. The summed E-state index contributed by atoms with van der Waals surface area (Å²) in [5.41, 5.74) is 3.25. The predicted molar refractivity (Wildman–Crippen MR) is 123 cm³/mol. The van der Waals surface area contributed by atoms with Gasteiger partial charge in [0.05, 0.1) is 0 Å². The Morgan fingerprint density at radius 3 is 1.33 bits per heavy atom. The van der Waals surface area contributed by atoms with Gasteiger partial charge in [0, 0.05) is 34.3 Å². The highest BCUT2D eigenvalue weighted by molar-refractivity contribution is 6.31. The zero-order valence-electron chi connectivity index (χ0n) is 16.0. The van der Waals surface area contributed by atoms with Gasteiger partial charge in [0.15, 0.2) is 0 Å². The minimum atomic E-state index is 0.588. The Hall–Kier alpha value is -2.46. The first-order valence-electron chi connectivity index (χ1n) is 9.49. The summed E-state index contributed by atoms with van der Waals surface area (Å²) >= 11 is 18.2. The van der Waals surface area contributed by atoms with Gasteiger partial charge in [-0.15, -0.1) is 0 Å².